The van der Waals surface area contributed by atoms with Gasteiger partial charge >= 0.3 is 0 Å². The lowest BCUT2D eigenvalue weighted by atomic mass is 10.1. The van der Waals surface area contributed by atoms with Gasteiger partial charge in [-0.3, -0.25) is 0 Å². The van der Waals surface area contributed by atoms with Gasteiger partial charge in [-0.1, -0.05) is 12.1 Å². The minimum absolute atomic E-state index is 0.720. The highest BCUT2D eigenvalue weighted by molar-refractivity contribution is 9.10. The molecule has 0 aliphatic carbocycles. The number of likely N-dealkylation sites (N-methyl/N-ethyl adjacent to an activating group) is 1. The highest BCUT2D eigenvalue weighted by atomic mass is 79.9. The van der Waals surface area contributed by atoms with Gasteiger partial charge in [-0.2, -0.15) is 0 Å². The van der Waals surface area contributed by atoms with Gasteiger partial charge in [0.25, 0.3) is 0 Å². The molecule has 3 nitrogen and oxygen atoms in total. The molecule has 1 heterocycles. The second-order valence-electron chi connectivity index (χ2n) is 5.47. The molecule has 0 aromatic heterocycles. The van der Waals surface area contributed by atoms with Gasteiger partial charge in [0, 0.05) is 35.8 Å². The molecule has 0 saturated carbocycles. The zero-order valence-electron chi connectivity index (χ0n) is 11.9. The molecule has 0 bridgehead atoms. The van der Waals surface area contributed by atoms with Crippen LogP contribution in [-0.2, 0) is 0 Å². The average molecular weight is 326 g/mol. The van der Waals surface area contributed by atoms with Crippen molar-refractivity contribution in [2.24, 2.45) is 0 Å². The van der Waals surface area contributed by atoms with Gasteiger partial charge in [0.05, 0.1) is 0 Å². The molecule has 1 unspecified atom stereocenters. The molecular weight excluding hydrogens is 302 g/mol. The van der Waals surface area contributed by atoms with Crippen molar-refractivity contribution in [1.82, 2.24) is 9.80 Å². The largest absolute Gasteiger partial charge is 0.383 e. The summed E-state index contributed by atoms with van der Waals surface area (Å²) in [6.07, 6.45) is 2.65. The van der Waals surface area contributed by atoms with Crippen LogP contribution in [0.5, 0.6) is 0 Å². The normalized spacial score (nSPS) is 20.7. The maximum atomic E-state index is 3.57. The lowest BCUT2D eigenvalue weighted by Gasteiger charge is -2.36. The van der Waals surface area contributed by atoms with E-state index in [-0.39, 0.29) is 0 Å². The Morgan fingerprint density at radius 2 is 2.16 bits per heavy atom. The number of benzene rings is 1. The van der Waals surface area contributed by atoms with E-state index in [1.807, 2.05) is 6.07 Å². The number of hydrogen-bond donors (Lipinski definition) is 1. The van der Waals surface area contributed by atoms with Gasteiger partial charge in [0.2, 0.25) is 0 Å². The molecule has 0 spiro atoms. The second kappa shape index (κ2) is 7.27. The van der Waals surface area contributed by atoms with Crippen LogP contribution in [-0.4, -0.2) is 56.1 Å². The first-order valence-electron chi connectivity index (χ1n) is 7.04. The summed E-state index contributed by atoms with van der Waals surface area (Å²) in [5.41, 5.74) is 1.18. The zero-order valence-corrected chi connectivity index (χ0v) is 13.5. The van der Waals surface area contributed by atoms with Crippen molar-refractivity contribution in [3.05, 3.63) is 28.7 Å². The molecule has 0 amide bonds. The number of para-hydroxylation sites is 1. The Bertz CT molecular complexity index is 395. The first-order valence-corrected chi connectivity index (χ1v) is 7.83. The van der Waals surface area contributed by atoms with E-state index in [1.165, 1.54) is 31.6 Å². The fraction of sp³-hybridized carbons (Fsp3) is 0.600. The Morgan fingerprint density at radius 1 is 1.37 bits per heavy atom. The Morgan fingerprint density at radius 3 is 2.89 bits per heavy atom. The molecule has 4 heteroatoms. The van der Waals surface area contributed by atoms with Crippen molar-refractivity contribution in [1.29, 1.82) is 0 Å². The van der Waals surface area contributed by atoms with Crippen LogP contribution in [0, 0.1) is 0 Å². The monoisotopic (exact) mass is 325 g/mol. The van der Waals surface area contributed by atoms with E-state index in [2.05, 4.69) is 63.3 Å². The third-order valence-electron chi connectivity index (χ3n) is 3.83. The number of nitrogens with one attached hydrogen (secondary N) is 1. The Balaban J connectivity index is 1.75. The third kappa shape index (κ3) is 4.48. The average Bonchev–Trinajstić information content (AvgIpc) is 2.41. The van der Waals surface area contributed by atoms with E-state index >= 15 is 0 Å². The van der Waals surface area contributed by atoms with Gasteiger partial charge in [0.1, 0.15) is 0 Å². The number of hydrogen-bond acceptors (Lipinski definition) is 3. The molecule has 106 valence electrons. The molecule has 1 N–H and O–H groups in total. The number of likely N-dealkylation sites (tertiary alicyclic amines) is 1. The molecule has 19 heavy (non-hydrogen) atoms. The van der Waals surface area contributed by atoms with E-state index in [4.69, 9.17) is 0 Å². The number of halogens is 1. The summed E-state index contributed by atoms with van der Waals surface area (Å²) in [5, 5.41) is 3.50. The van der Waals surface area contributed by atoms with Crippen LogP contribution < -0.4 is 5.32 Å². The standard InChI is InChI=1S/C15H24BrN3/c1-18(2)13-6-5-10-19(12-13)11-9-17-15-8-4-3-7-14(15)16/h3-4,7-8,13,17H,5-6,9-12H2,1-2H3. The molecule has 1 aromatic carbocycles. The molecule has 1 aliphatic rings. The number of nitrogens with zero attached hydrogens (tertiary/aromatic N) is 2. The molecule has 1 aromatic rings. The summed E-state index contributed by atoms with van der Waals surface area (Å²) >= 11 is 3.57. The van der Waals surface area contributed by atoms with Gasteiger partial charge in [-0.15, -0.1) is 0 Å². The molecule has 1 aliphatic heterocycles. The third-order valence-corrected chi connectivity index (χ3v) is 4.52. The van der Waals surface area contributed by atoms with E-state index in [0.29, 0.717) is 0 Å². The summed E-state index contributed by atoms with van der Waals surface area (Å²) in [6, 6.07) is 9.02. The van der Waals surface area contributed by atoms with Crippen LogP contribution in [0.15, 0.2) is 28.7 Å². The molecule has 0 radical (unpaired) electrons. The van der Waals surface area contributed by atoms with Crippen LogP contribution in [0.2, 0.25) is 0 Å². The number of anilines is 1. The van der Waals surface area contributed by atoms with Crippen molar-refractivity contribution in [2.75, 3.05) is 45.6 Å². The van der Waals surface area contributed by atoms with Gasteiger partial charge < -0.3 is 15.1 Å². The van der Waals surface area contributed by atoms with Gasteiger partial charge in [0.15, 0.2) is 0 Å². The highest BCUT2D eigenvalue weighted by Crippen LogP contribution is 2.21. The van der Waals surface area contributed by atoms with Crippen molar-refractivity contribution in [3.8, 4) is 0 Å². The van der Waals surface area contributed by atoms with Crippen molar-refractivity contribution in [3.63, 3.8) is 0 Å². The Labute approximate surface area is 125 Å². The van der Waals surface area contributed by atoms with Crippen LogP contribution >= 0.6 is 15.9 Å². The minimum atomic E-state index is 0.720. The molecule has 1 fully saturated rings. The number of piperidine rings is 1. The maximum Gasteiger partial charge on any atom is 0.0485 e. The predicted octanol–water partition coefficient (Wildman–Crippen LogP) is 2.89. The van der Waals surface area contributed by atoms with Crippen LogP contribution in [0.4, 0.5) is 5.69 Å². The van der Waals surface area contributed by atoms with Crippen LogP contribution in [0.1, 0.15) is 12.8 Å². The summed E-state index contributed by atoms with van der Waals surface area (Å²) < 4.78 is 1.14. The first kappa shape index (κ1) is 14.8. The van der Waals surface area contributed by atoms with E-state index in [9.17, 15) is 0 Å². The van der Waals surface area contributed by atoms with Crippen molar-refractivity contribution in [2.45, 2.75) is 18.9 Å². The lowest BCUT2D eigenvalue weighted by Crippen LogP contribution is -2.46. The van der Waals surface area contributed by atoms with Crippen LogP contribution in [0.25, 0.3) is 0 Å². The van der Waals surface area contributed by atoms with Gasteiger partial charge in [-0.05, 0) is 61.5 Å². The smallest absolute Gasteiger partial charge is 0.0485 e. The fourth-order valence-electron chi connectivity index (χ4n) is 2.61. The summed E-state index contributed by atoms with van der Waals surface area (Å²) in [7, 11) is 4.38. The minimum Gasteiger partial charge on any atom is -0.383 e. The van der Waals surface area contributed by atoms with E-state index in [0.717, 1.165) is 23.6 Å². The molecule has 1 atom stereocenters. The molecular formula is C15H24BrN3. The van der Waals surface area contributed by atoms with Crippen LogP contribution in [0.3, 0.4) is 0 Å². The maximum absolute atomic E-state index is 3.57. The number of rotatable bonds is 5. The van der Waals surface area contributed by atoms with Crippen molar-refractivity contribution >= 4 is 21.6 Å². The predicted molar refractivity (Wildman–Crippen MR) is 85.8 cm³/mol. The summed E-state index contributed by atoms with van der Waals surface area (Å²) in [6.45, 7) is 4.56. The van der Waals surface area contributed by atoms with E-state index in [1.54, 1.807) is 0 Å². The second-order valence-corrected chi connectivity index (χ2v) is 6.32. The molecule has 1 saturated heterocycles. The quantitative estimate of drug-likeness (QED) is 0.898. The summed E-state index contributed by atoms with van der Waals surface area (Å²) in [4.78, 5) is 4.92. The lowest BCUT2D eigenvalue weighted by molar-refractivity contribution is 0.137. The van der Waals surface area contributed by atoms with Crippen molar-refractivity contribution < 1.29 is 0 Å². The molecule has 2 rings (SSSR count). The highest BCUT2D eigenvalue weighted by Gasteiger charge is 2.20. The fourth-order valence-corrected chi connectivity index (χ4v) is 3.03. The Hall–Kier alpha value is -0.580. The zero-order chi connectivity index (χ0) is 13.7. The van der Waals surface area contributed by atoms with Gasteiger partial charge in [-0.25, -0.2) is 0 Å². The SMILES string of the molecule is CN(C)C1CCCN(CCNc2ccccc2Br)C1. The van der Waals surface area contributed by atoms with E-state index < -0.39 is 0 Å². The Kier molecular flexibility index (Phi) is 5.67. The topological polar surface area (TPSA) is 18.5 Å². The summed E-state index contributed by atoms with van der Waals surface area (Å²) in [5.74, 6) is 0. The first-order chi connectivity index (χ1) is 9.16.